The molecule has 0 aromatic heterocycles. The first-order chi connectivity index (χ1) is 6.59. The second-order valence-corrected chi connectivity index (χ2v) is 4.67. The summed E-state index contributed by atoms with van der Waals surface area (Å²) in [6, 6.07) is 5.90. The Labute approximate surface area is 91.3 Å². The Morgan fingerprint density at radius 2 is 2.14 bits per heavy atom. The van der Waals surface area contributed by atoms with Gasteiger partial charge in [-0.1, -0.05) is 0 Å². The van der Waals surface area contributed by atoms with E-state index in [1.807, 2.05) is 13.0 Å². The predicted octanol–water partition coefficient (Wildman–Crippen LogP) is 3.02. The van der Waals surface area contributed by atoms with Crippen molar-refractivity contribution in [3.63, 3.8) is 0 Å². The number of rotatable bonds is 1. The van der Waals surface area contributed by atoms with Crippen LogP contribution in [0.5, 0.6) is 5.75 Å². The number of phenolic OH excluding ortho intramolecular Hbond substituents is 1. The van der Waals surface area contributed by atoms with Gasteiger partial charge in [-0.3, -0.25) is 0 Å². The van der Waals surface area contributed by atoms with Crippen LogP contribution in [0.15, 0.2) is 16.6 Å². The molecule has 2 rings (SSSR count). The maximum atomic E-state index is 9.55. The molecule has 1 aromatic rings. The molecule has 1 aliphatic rings. The summed E-state index contributed by atoms with van der Waals surface area (Å²) in [6.45, 7) is 1.97. The third-order valence-electron chi connectivity index (χ3n) is 2.77. The molecule has 2 nitrogen and oxygen atoms in total. The van der Waals surface area contributed by atoms with E-state index in [2.05, 4.69) is 22.0 Å². The molecule has 1 fully saturated rings. The van der Waals surface area contributed by atoms with Crippen LogP contribution in [-0.2, 0) is 5.41 Å². The largest absolute Gasteiger partial charge is 0.507 e. The lowest BCUT2D eigenvalue weighted by Gasteiger charge is -2.11. The quantitative estimate of drug-likeness (QED) is 0.834. The molecule has 1 aliphatic carbocycles. The molecule has 0 heterocycles. The molecule has 0 unspecified atom stereocenters. The van der Waals surface area contributed by atoms with Crippen LogP contribution in [0.1, 0.15) is 24.0 Å². The Balaban J connectivity index is 2.55. The molecule has 0 radical (unpaired) electrons. The van der Waals surface area contributed by atoms with Crippen molar-refractivity contribution in [2.75, 3.05) is 0 Å². The molecule has 72 valence electrons. The van der Waals surface area contributed by atoms with E-state index in [0.717, 1.165) is 24.0 Å². The number of phenols is 1. The number of nitrogens with zero attached hydrogens (tertiary/aromatic N) is 1. The molecule has 1 aromatic carbocycles. The normalized spacial score (nSPS) is 17.5. The monoisotopic (exact) mass is 251 g/mol. The Bertz CT molecular complexity index is 430. The summed E-state index contributed by atoms with van der Waals surface area (Å²) in [5, 5.41) is 18.6. The van der Waals surface area contributed by atoms with E-state index >= 15 is 0 Å². The number of halogens is 1. The minimum absolute atomic E-state index is 0.215. The molecule has 0 aliphatic heterocycles. The van der Waals surface area contributed by atoms with Gasteiger partial charge in [-0.2, -0.15) is 5.26 Å². The SMILES string of the molecule is Cc1cc(Br)c(O)cc1C1(C#N)CC1. The highest BCUT2D eigenvalue weighted by Crippen LogP contribution is 2.50. The molecule has 14 heavy (non-hydrogen) atoms. The fraction of sp³-hybridized carbons (Fsp3) is 0.364. The van der Waals surface area contributed by atoms with E-state index in [1.54, 1.807) is 6.07 Å². The van der Waals surface area contributed by atoms with Gasteiger partial charge in [-0.05, 0) is 59.0 Å². The topological polar surface area (TPSA) is 44.0 Å². The number of benzene rings is 1. The van der Waals surface area contributed by atoms with Crippen LogP contribution in [0.3, 0.4) is 0 Å². The van der Waals surface area contributed by atoms with Crippen molar-refractivity contribution in [1.29, 1.82) is 5.26 Å². The van der Waals surface area contributed by atoms with Crippen molar-refractivity contribution in [1.82, 2.24) is 0 Å². The molecule has 1 N–H and O–H groups in total. The van der Waals surface area contributed by atoms with Gasteiger partial charge in [0.2, 0.25) is 0 Å². The predicted molar refractivity (Wildman–Crippen MR) is 57.1 cm³/mol. The summed E-state index contributed by atoms with van der Waals surface area (Å²) in [5.41, 5.74) is 1.72. The Morgan fingerprint density at radius 3 is 2.64 bits per heavy atom. The van der Waals surface area contributed by atoms with Crippen molar-refractivity contribution in [2.24, 2.45) is 0 Å². The Morgan fingerprint density at radius 1 is 1.50 bits per heavy atom. The van der Waals surface area contributed by atoms with Gasteiger partial charge < -0.3 is 5.11 Å². The van der Waals surface area contributed by atoms with Crippen LogP contribution in [0.25, 0.3) is 0 Å². The maximum absolute atomic E-state index is 9.55. The number of aromatic hydroxyl groups is 1. The zero-order valence-electron chi connectivity index (χ0n) is 7.84. The van der Waals surface area contributed by atoms with E-state index < -0.39 is 0 Å². The molecule has 0 saturated heterocycles. The van der Waals surface area contributed by atoms with E-state index in [4.69, 9.17) is 5.26 Å². The molecule has 0 spiro atoms. The highest BCUT2D eigenvalue weighted by Gasteiger charge is 2.46. The highest BCUT2D eigenvalue weighted by molar-refractivity contribution is 9.10. The summed E-state index contributed by atoms with van der Waals surface area (Å²) >= 11 is 3.26. The summed E-state index contributed by atoms with van der Waals surface area (Å²) in [4.78, 5) is 0. The highest BCUT2D eigenvalue weighted by atomic mass is 79.9. The second-order valence-electron chi connectivity index (χ2n) is 3.81. The van der Waals surface area contributed by atoms with Gasteiger partial charge in [0.1, 0.15) is 5.75 Å². The molecule has 0 amide bonds. The maximum Gasteiger partial charge on any atom is 0.130 e. The van der Waals surface area contributed by atoms with Gasteiger partial charge in [-0.15, -0.1) is 0 Å². The average molecular weight is 252 g/mol. The smallest absolute Gasteiger partial charge is 0.130 e. The van der Waals surface area contributed by atoms with Crippen molar-refractivity contribution in [2.45, 2.75) is 25.2 Å². The zero-order valence-corrected chi connectivity index (χ0v) is 9.43. The van der Waals surface area contributed by atoms with E-state index in [0.29, 0.717) is 4.47 Å². The lowest BCUT2D eigenvalue weighted by atomic mass is 9.93. The van der Waals surface area contributed by atoms with Crippen LogP contribution >= 0.6 is 15.9 Å². The molecular weight excluding hydrogens is 242 g/mol. The first-order valence-electron chi connectivity index (χ1n) is 4.50. The van der Waals surface area contributed by atoms with Crippen LogP contribution < -0.4 is 0 Å². The van der Waals surface area contributed by atoms with Gasteiger partial charge in [-0.25, -0.2) is 0 Å². The van der Waals surface area contributed by atoms with Crippen molar-refractivity contribution in [3.05, 3.63) is 27.7 Å². The Hall–Kier alpha value is -1.01. The van der Waals surface area contributed by atoms with Crippen LogP contribution in [0, 0.1) is 18.3 Å². The molecule has 0 atom stereocenters. The fourth-order valence-corrected chi connectivity index (χ4v) is 2.20. The second kappa shape index (κ2) is 2.99. The first kappa shape index (κ1) is 9.54. The van der Waals surface area contributed by atoms with Crippen molar-refractivity contribution >= 4 is 15.9 Å². The lowest BCUT2D eigenvalue weighted by molar-refractivity contribution is 0.470. The van der Waals surface area contributed by atoms with E-state index in [-0.39, 0.29) is 11.2 Å². The average Bonchev–Trinajstić information content (AvgIpc) is 2.92. The zero-order chi connectivity index (χ0) is 10.3. The minimum Gasteiger partial charge on any atom is -0.507 e. The van der Waals surface area contributed by atoms with Gasteiger partial charge in [0, 0.05) is 0 Å². The van der Waals surface area contributed by atoms with E-state index in [9.17, 15) is 5.11 Å². The minimum atomic E-state index is -0.317. The molecular formula is C11H10BrNO. The Kier molecular flexibility index (Phi) is 2.04. The molecule has 0 bridgehead atoms. The number of hydrogen-bond acceptors (Lipinski definition) is 2. The van der Waals surface area contributed by atoms with Gasteiger partial charge in [0.25, 0.3) is 0 Å². The summed E-state index contributed by atoms with van der Waals surface area (Å²) < 4.78 is 0.687. The van der Waals surface area contributed by atoms with E-state index in [1.165, 1.54) is 0 Å². The summed E-state index contributed by atoms with van der Waals surface area (Å²) in [5.74, 6) is 0.215. The number of aryl methyl sites for hydroxylation is 1. The van der Waals surface area contributed by atoms with Gasteiger partial charge in [0.05, 0.1) is 16.0 Å². The standard InChI is InChI=1S/C11H10BrNO/c1-7-4-9(12)10(14)5-8(7)11(6-13)2-3-11/h4-5,14H,2-3H2,1H3. The van der Waals surface area contributed by atoms with Crippen LogP contribution in [-0.4, -0.2) is 5.11 Å². The third kappa shape index (κ3) is 1.31. The van der Waals surface area contributed by atoms with Crippen LogP contribution in [0.2, 0.25) is 0 Å². The molecule has 1 saturated carbocycles. The van der Waals surface area contributed by atoms with Crippen molar-refractivity contribution in [3.8, 4) is 11.8 Å². The van der Waals surface area contributed by atoms with Crippen molar-refractivity contribution < 1.29 is 5.11 Å². The summed E-state index contributed by atoms with van der Waals surface area (Å²) in [7, 11) is 0. The molecule has 3 heteroatoms. The lowest BCUT2D eigenvalue weighted by Crippen LogP contribution is -2.04. The third-order valence-corrected chi connectivity index (χ3v) is 3.41. The fourth-order valence-electron chi connectivity index (χ4n) is 1.74. The van der Waals surface area contributed by atoms with Gasteiger partial charge in [0.15, 0.2) is 0 Å². The van der Waals surface area contributed by atoms with Crippen LogP contribution in [0.4, 0.5) is 0 Å². The van der Waals surface area contributed by atoms with Gasteiger partial charge >= 0.3 is 0 Å². The number of hydrogen-bond donors (Lipinski definition) is 1. The summed E-state index contributed by atoms with van der Waals surface area (Å²) in [6.07, 6.45) is 1.82. The first-order valence-corrected chi connectivity index (χ1v) is 5.29. The number of nitriles is 1.